The maximum absolute atomic E-state index is 11.3. The minimum absolute atomic E-state index is 0.0104. The van der Waals surface area contributed by atoms with E-state index >= 15 is 0 Å². The van der Waals surface area contributed by atoms with E-state index in [1.54, 1.807) is 6.07 Å². The molecule has 5 heteroatoms. The number of hydrogen-bond acceptors (Lipinski definition) is 5. The Morgan fingerprint density at radius 2 is 2.27 bits per heavy atom. The van der Waals surface area contributed by atoms with Gasteiger partial charge in [0.2, 0.25) is 0 Å². The quantitative estimate of drug-likeness (QED) is 0.571. The predicted octanol–water partition coefficient (Wildman–Crippen LogP) is 0.863. The molecule has 1 N–H and O–H groups in total. The van der Waals surface area contributed by atoms with Crippen LogP contribution in [0.15, 0.2) is 12.1 Å². The van der Waals surface area contributed by atoms with E-state index in [2.05, 4.69) is 4.74 Å². The highest BCUT2D eigenvalue weighted by molar-refractivity contribution is 6.01. The van der Waals surface area contributed by atoms with Crippen molar-refractivity contribution in [2.45, 2.75) is 0 Å². The molecule has 0 aromatic heterocycles. The van der Waals surface area contributed by atoms with Crippen LogP contribution >= 0.6 is 0 Å². The van der Waals surface area contributed by atoms with Crippen molar-refractivity contribution in [2.24, 2.45) is 0 Å². The van der Waals surface area contributed by atoms with E-state index in [4.69, 9.17) is 5.26 Å². The predicted molar refractivity (Wildman–Crippen MR) is 49.5 cm³/mol. The fraction of sp³-hybridized carbons (Fsp3) is 0.100. The van der Waals surface area contributed by atoms with E-state index in [9.17, 15) is 14.7 Å². The van der Waals surface area contributed by atoms with Crippen LogP contribution in [0.3, 0.4) is 0 Å². The molecule has 0 fully saturated rings. The van der Waals surface area contributed by atoms with E-state index in [0.717, 1.165) is 7.11 Å². The molecule has 5 nitrogen and oxygen atoms in total. The van der Waals surface area contributed by atoms with Crippen LogP contribution in [0.2, 0.25) is 0 Å². The third-order valence-electron chi connectivity index (χ3n) is 1.84. The summed E-state index contributed by atoms with van der Waals surface area (Å²) in [4.78, 5) is 21.9. The van der Waals surface area contributed by atoms with Crippen LogP contribution in [0.5, 0.6) is 5.75 Å². The zero-order valence-electron chi connectivity index (χ0n) is 7.85. The number of phenolic OH excluding ortho intramolecular Hbond substituents is 1. The minimum atomic E-state index is -0.829. The molecule has 0 saturated carbocycles. The number of carbonyl (C=O) groups is 2. The number of nitrogens with zero attached hydrogens (tertiary/aromatic N) is 1. The largest absolute Gasteiger partial charge is 0.507 e. The molecule has 0 bridgehead atoms. The van der Waals surface area contributed by atoms with Gasteiger partial charge in [0, 0.05) is 5.56 Å². The molecule has 76 valence electrons. The first-order chi connectivity index (χ1) is 7.15. The standard InChI is InChI=1S/C10H7NO4/c1-15-10(14)9-6(5-12)2-3-8(13)7(9)4-11/h2-3,5,13H,1H3. The number of nitriles is 1. The second-order valence-corrected chi connectivity index (χ2v) is 2.65. The van der Waals surface area contributed by atoms with Gasteiger partial charge in [0.05, 0.1) is 12.7 Å². The lowest BCUT2D eigenvalue weighted by Crippen LogP contribution is -2.08. The molecule has 0 aliphatic carbocycles. The maximum Gasteiger partial charge on any atom is 0.340 e. The molecule has 0 amide bonds. The molecular formula is C10H7NO4. The zero-order chi connectivity index (χ0) is 11.4. The van der Waals surface area contributed by atoms with Crippen LogP contribution in [0, 0.1) is 11.3 Å². The van der Waals surface area contributed by atoms with Gasteiger partial charge in [-0.15, -0.1) is 0 Å². The summed E-state index contributed by atoms with van der Waals surface area (Å²) in [7, 11) is 1.13. The van der Waals surface area contributed by atoms with E-state index in [0.29, 0.717) is 6.29 Å². The number of benzene rings is 1. The van der Waals surface area contributed by atoms with Gasteiger partial charge in [0.1, 0.15) is 17.4 Å². The van der Waals surface area contributed by atoms with Crippen molar-refractivity contribution >= 4 is 12.3 Å². The third kappa shape index (κ3) is 1.79. The molecule has 0 spiro atoms. The number of aromatic hydroxyl groups is 1. The highest BCUT2D eigenvalue weighted by Gasteiger charge is 2.19. The highest BCUT2D eigenvalue weighted by atomic mass is 16.5. The Labute approximate surface area is 85.5 Å². The van der Waals surface area contributed by atoms with Gasteiger partial charge in [-0.1, -0.05) is 0 Å². The normalized spacial score (nSPS) is 9.07. The summed E-state index contributed by atoms with van der Waals surface area (Å²) in [5.41, 5.74) is -0.461. The Balaban J connectivity index is 3.56. The minimum Gasteiger partial charge on any atom is -0.507 e. The van der Waals surface area contributed by atoms with Crippen molar-refractivity contribution in [3.05, 3.63) is 28.8 Å². The summed E-state index contributed by atoms with van der Waals surface area (Å²) in [6.45, 7) is 0. The second-order valence-electron chi connectivity index (χ2n) is 2.65. The van der Waals surface area contributed by atoms with Gasteiger partial charge in [-0.3, -0.25) is 4.79 Å². The van der Waals surface area contributed by atoms with Crippen LogP contribution in [0.25, 0.3) is 0 Å². The topological polar surface area (TPSA) is 87.4 Å². The monoisotopic (exact) mass is 205 g/mol. The molecular weight excluding hydrogens is 198 g/mol. The zero-order valence-corrected chi connectivity index (χ0v) is 7.85. The molecule has 1 aromatic rings. The first-order valence-corrected chi connectivity index (χ1v) is 3.95. The van der Waals surface area contributed by atoms with Gasteiger partial charge in [0.15, 0.2) is 6.29 Å². The van der Waals surface area contributed by atoms with Gasteiger partial charge in [-0.05, 0) is 12.1 Å². The first kappa shape index (κ1) is 10.7. The van der Waals surface area contributed by atoms with Gasteiger partial charge in [-0.2, -0.15) is 5.26 Å². The van der Waals surface area contributed by atoms with Crippen LogP contribution in [0.4, 0.5) is 0 Å². The molecule has 0 unspecified atom stereocenters. The summed E-state index contributed by atoms with van der Waals surface area (Å²) in [6.07, 6.45) is 0.423. The molecule has 0 radical (unpaired) electrons. The molecule has 1 aromatic carbocycles. The van der Waals surface area contributed by atoms with Crippen LogP contribution in [-0.4, -0.2) is 24.5 Å². The first-order valence-electron chi connectivity index (χ1n) is 3.95. The van der Waals surface area contributed by atoms with Crippen molar-refractivity contribution < 1.29 is 19.4 Å². The van der Waals surface area contributed by atoms with Crippen LogP contribution in [0.1, 0.15) is 26.3 Å². The Hall–Kier alpha value is -2.35. The van der Waals surface area contributed by atoms with E-state index in [1.165, 1.54) is 12.1 Å². The van der Waals surface area contributed by atoms with Crippen molar-refractivity contribution in [1.29, 1.82) is 5.26 Å². The number of aldehydes is 1. The lowest BCUT2D eigenvalue weighted by atomic mass is 10.0. The number of methoxy groups -OCH3 is 1. The summed E-state index contributed by atoms with van der Waals surface area (Å²) < 4.78 is 4.42. The van der Waals surface area contributed by atoms with E-state index < -0.39 is 5.97 Å². The Bertz CT molecular complexity index is 459. The number of phenols is 1. The highest BCUT2D eigenvalue weighted by Crippen LogP contribution is 2.23. The average Bonchev–Trinajstić information content (AvgIpc) is 2.27. The van der Waals surface area contributed by atoms with Crippen molar-refractivity contribution in [3.63, 3.8) is 0 Å². The van der Waals surface area contributed by atoms with Gasteiger partial charge >= 0.3 is 5.97 Å². The molecule has 0 aliphatic rings. The Kier molecular flexibility index (Phi) is 3.03. The fourth-order valence-corrected chi connectivity index (χ4v) is 1.14. The summed E-state index contributed by atoms with van der Waals surface area (Å²) in [5, 5.41) is 18.0. The number of ether oxygens (including phenoxy) is 1. The molecule has 15 heavy (non-hydrogen) atoms. The molecule has 0 saturated heterocycles. The number of rotatable bonds is 2. The molecule has 1 rings (SSSR count). The van der Waals surface area contributed by atoms with Crippen LogP contribution in [-0.2, 0) is 4.74 Å². The number of carbonyl (C=O) groups excluding carboxylic acids is 2. The van der Waals surface area contributed by atoms with Crippen LogP contribution < -0.4 is 0 Å². The lowest BCUT2D eigenvalue weighted by molar-refractivity contribution is 0.0597. The van der Waals surface area contributed by atoms with E-state index in [1.807, 2.05) is 0 Å². The fourth-order valence-electron chi connectivity index (χ4n) is 1.14. The average molecular weight is 205 g/mol. The third-order valence-corrected chi connectivity index (χ3v) is 1.84. The van der Waals surface area contributed by atoms with Gasteiger partial charge in [0.25, 0.3) is 0 Å². The summed E-state index contributed by atoms with van der Waals surface area (Å²) in [5.74, 6) is -1.19. The molecule has 0 atom stereocenters. The molecule has 0 heterocycles. The van der Waals surface area contributed by atoms with Gasteiger partial charge < -0.3 is 9.84 Å². The summed E-state index contributed by atoms with van der Waals surface area (Å²) >= 11 is 0. The second kappa shape index (κ2) is 4.24. The van der Waals surface area contributed by atoms with Gasteiger partial charge in [-0.25, -0.2) is 4.79 Å². The van der Waals surface area contributed by atoms with Crippen molar-refractivity contribution in [1.82, 2.24) is 0 Å². The lowest BCUT2D eigenvalue weighted by Gasteiger charge is -2.05. The Morgan fingerprint density at radius 3 is 2.73 bits per heavy atom. The SMILES string of the molecule is COC(=O)c1c(C=O)ccc(O)c1C#N. The van der Waals surface area contributed by atoms with Crippen molar-refractivity contribution in [3.8, 4) is 11.8 Å². The maximum atomic E-state index is 11.3. The Morgan fingerprint density at radius 1 is 1.60 bits per heavy atom. The number of hydrogen-bond donors (Lipinski definition) is 1. The van der Waals surface area contributed by atoms with Crippen molar-refractivity contribution in [2.75, 3.05) is 7.11 Å². The van der Waals surface area contributed by atoms with E-state index in [-0.39, 0.29) is 22.4 Å². The summed E-state index contributed by atoms with van der Waals surface area (Å²) in [6, 6.07) is 4.06. The number of esters is 1. The smallest absolute Gasteiger partial charge is 0.340 e. The molecule has 0 aliphatic heterocycles.